The number of urea groups is 1. The van der Waals surface area contributed by atoms with Crippen molar-refractivity contribution in [2.24, 2.45) is 5.73 Å². The lowest BCUT2D eigenvalue weighted by Crippen LogP contribution is -2.31. The van der Waals surface area contributed by atoms with Gasteiger partial charge in [0.15, 0.2) is 0 Å². The van der Waals surface area contributed by atoms with Crippen molar-refractivity contribution >= 4 is 17.4 Å². The molecule has 0 heterocycles. The zero-order valence-electron chi connectivity index (χ0n) is 11.7. The predicted octanol–water partition coefficient (Wildman–Crippen LogP) is 3.47. The van der Waals surface area contributed by atoms with E-state index in [1.165, 1.54) is 10.5 Å². The average Bonchev–Trinajstić information content (AvgIpc) is 2.48. The zero-order chi connectivity index (χ0) is 14.5. The Balaban J connectivity index is 2.47. The lowest BCUT2D eigenvalue weighted by molar-refractivity contribution is 0.256. The van der Waals surface area contributed by atoms with Gasteiger partial charge >= 0.3 is 6.03 Å². The molecular weight excluding hydrogens is 252 g/mol. The van der Waals surface area contributed by atoms with E-state index >= 15 is 0 Å². The smallest absolute Gasteiger partial charge is 0.324 e. The second kappa shape index (κ2) is 6.10. The third-order valence-corrected chi connectivity index (χ3v) is 3.15. The highest BCUT2D eigenvalue weighted by molar-refractivity contribution is 5.99. The molecule has 0 aliphatic heterocycles. The van der Waals surface area contributed by atoms with Gasteiger partial charge in [0, 0.05) is 0 Å². The molecule has 0 aliphatic rings. The first-order valence-electron chi connectivity index (χ1n) is 6.49. The Labute approximate surface area is 118 Å². The van der Waals surface area contributed by atoms with Gasteiger partial charge in [-0.15, -0.1) is 0 Å². The number of nitrogens with zero attached hydrogens (tertiary/aromatic N) is 1. The van der Waals surface area contributed by atoms with Gasteiger partial charge in [0.25, 0.3) is 0 Å². The Bertz CT molecular complexity index is 594. The number of amides is 2. The van der Waals surface area contributed by atoms with E-state index in [0.29, 0.717) is 11.4 Å². The maximum atomic E-state index is 11.8. The average molecular weight is 270 g/mol. The first-order valence-corrected chi connectivity index (χ1v) is 6.49. The molecule has 0 fully saturated rings. The van der Waals surface area contributed by atoms with Crippen LogP contribution in [-0.4, -0.2) is 13.1 Å². The number of ether oxygens (including phenoxy) is 1. The van der Waals surface area contributed by atoms with Crippen LogP contribution in [0.15, 0.2) is 48.5 Å². The summed E-state index contributed by atoms with van der Waals surface area (Å²) in [6.45, 7) is 2.08. The Morgan fingerprint density at radius 2 is 1.80 bits per heavy atom. The summed E-state index contributed by atoms with van der Waals surface area (Å²) in [6.07, 6.45) is 0.950. The third kappa shape index (κ3) is 2.74. The standard InChI is InChI=1S/C16H18N2O2/c1-3-12-8-10-13(11-9-12)18(16(17)19)14-6-4-5-7-15(14)20-2/h4-11H,3H2,1-2H3,(H2,17,19). The molecule has 2 aromatic carbocycles. The quantitative estimate of drug-likeness (QED) is 0.924. The van der Waals surface area contributed by atoms with Gasteiger partial charge < -0.3 is 10.5 Å². The highest BCUT2D eigenvalue weighted by atomic mass is 16.5. The van der Waals surface area contributed by atoms with Crippen LogP contribution >= 0.6 is 0 Å². The number of rotatable bonds is 4. The molecule has 0 radical (unpaired) electrons. The van der Waals surface area contributed by atoms with Crippen molar-refractivity contribution < 1.29 is 9.53 Å². The summed E-state index contributed by atoms with van der Waals surface area (Å²) in [5.41, 5.74) is 8.09. The van der Waals surface area contributed by atoms with Gasteiger partial charge in [-0.05, 0) is 36.2 Å². The van der Waals surface area contributed by atoms with Gasteiger partial charge in [-0.1, -0.05) is 31.2 Å². The maximum Gasteiger partial charge on any atom is 0.324 e. The summed E-state index contributed by atoms with van der Waals surface area (Å²) in [4.78, 5) is 13.3. The highest BCUT2D eigenvalue weighted by Gasteiger charge is 2.18. The number of carbonyl (C=O) groups excluding carboxylic acids is 1. The lowest BCUT2D eigenvalue weighted by atomic mass is 10.1. The summed E-state index contributed by atoms with van der Waals surface area (Å²) >= 11 is 0. The van der Waals surface area contributed by atoms with Crippen LogP contribution in [0.2, 0.25) is 0 Å². The number of nitrogens with two attached hydrogens (primary N) is 1. The molecule has 2 rings (SSSR count). The molecule has 0 saturated carbocycles. The van der Waals surface area contributed by atoms with Gasteiger partial charge in [0.2, 0.25) is 0 Å². The summed E-state index contributed by atoms with van der Waals surface area (Å²) in [6, 6.07) is 14.5. The number of benzene rings is 2. The normalized spacial score (nSPS) is 10.1. The summed E-state index contributed by atoms with van der Waals surface area (Å²) < 4.78 is 5.29. The number of hydrogen-bond donors (Lipinski definition) is 1. The van der Waals surface area contributed by atoms with E-state index in [1.54, 1.807) is 19.2 Å². The van der Waals surface area contributed by atoms with Gasteiger partial charge in [0.05, 0.1) is 18.5 Å². The third-order valence-electron chi connectivity index (χ3n) is 3.15. The van der Waals surface area contributed by atoms with Crippen molar-refractivity contribution in [3.8, 4) is 5.75 Å². The molecule has 0 bridgehead atoms. The first-order chi connectivity index (χ1) is 9.67. The van der Waals surface area contributed by atoms with E-state index in [-0.39, 0.29) is 0 Å². The SMILES string of the molecule is CCc1ccc(N(C(N)=O)c2ccccc2OC)cc1. The number of aryl methyl sites for hydroxylation is 1. The van der Waals surface area contributed by atoms with E-state index in [0.717, 1.165) is 12.1 Å². The zero-order valence-corrected chi connectivity index (χ0v) is 11.7. The van der Waals surface area contributed by atoms with Crippen molar-refractivity contribution in [1.82, 2.24) is 0 Å². The van der Waals surface area contributed by atoms with Gasteiger partial charge in [-0.2, -0.15) is 0 Å². The largest absolute Gasteiger partial charge is 0.495 e. The van der Waals surface area contributed by atoms with E-state index < -0.39 is 6.03 Å². The molecule has 0 aliphatic carbocycles. The van der Waals surface area contributed by atoms with E-state index in [4.69, 9.17) is 10.5 Å². The highest BCUT2D eigenvalue weighted by Crippen LogP contribution is 2.33. The number of hydrogen-bond acceptors (Lipinski definition) is 2. The Hall–Kier alpha value is -2.49. The van der Waals surface area contributed by atoms with Crippen molar-refractivity contribution in [3.63, 3.8) is 0 Å². The van der Waals surface area contributed by atoms with Crippen LogP contribution in [0.4, 0.5) is 16.2 Å². The van der Waals surface area contributed by atoms with Crippen LogP contribution in [0.3, 0.4) is 0 Å². The molecule has 104 valence electrons. The van der Waals surface area contributed by atoms with Crippen LogP contribution in [0, 0.1) is 0 Å². The van der Waals surface area contributed by atoms with Crippen LogP contribution < -0.4 is 15.4 Å². The molecule has 0 spiro atoms. The number of primary amides is 1. The van der Waals surface area contributed by atoms with Crippen molar-refractivity contribution in [2.75, 3.05) is 12.0 Å². The summed E-state index contributed by atoms with van der Waals surface area (Å²) in [5, 5.41) is 0. The number of carbonyl (C=O) groups is 1. The minimum atomic E-state index is -0.543. The predicted molar refractivity (Wildman–Crippen MR) is 80.5 cm³/mol. The number of anilines is 2. The Morgan fingerprint density at radius 3 is 2.35 bits per heavy atom. The van der Waals surface area contributed by atoms with Crippen LogP contribution in [0.25, 0.3) is 0 Å². The lowest BCUT2D eigenvalue weighted by Gasteiger charge is -2.22. The van der Waals surface area contributed by atoms with Gasteiger partial charge in [-0.3, -0.25) is 4.90 Å². The second-order valence-electron chi connectivity index (χ2n) is 4.37. The molecular formula is C16H18N2O2. The minimum Gasteiger partial charge on any atom is -0.495 e. The molecule has 0 unspecified atom stereocenters. The van der Waals surface area contributed by atoms with Crippen molar-refractivity contribution in [1.29, 1.82) is 0 Å². The van der Waals surface area contributed by atoms with Gasteiger partial charge in [-0.25, -0.2) is 4.79 Å². The first kappa shape index (κ1) is 13.9. The van der Waals surface area contributed by atoms with Crippen LogP contribution in [0.5, 0.6) is 5.75 Å². The Morgan fingerprint density at radius 1 is 1.15 bits per heavy atom. The minimum absolute atomic E-state index is 0.543. The fraction of sp³-hybridized carbons (Fsp3) is 0.188. The van der Waals surface area contributed by atoms with Crippen molar-refractivity contribution in [3.05, 3.63) is 54.1 Å². The van der Waals surface area contributed by atoms with E-state index in [9.17, 15) is 4.79 Å². The molecule has 4 nitrogen and oxygen atoms in total. The Kier molecular flexibility index (Phi) is 4.25. The summed E-state index contributed by atoms with van der Waals surface area (Å²) in [7, 11) is 1.57. The maximum absolute atomic E-state index is 11.8. The molecule has 2 amide bonds. The van der Waals surface area contributed by atoms with E-state index in [1.807, 2.05) is 36.4 Å². The van der Waals surface area contributed by atoms with Crippen LogP contribution in [0.1, 0.15) is 12.5 Å². The summed E-state index contributed by atoms with van der Waals surface area (Å²) in [5.74, 6) is 0.603. The molecule has 2 N–H and O–H groups in total. The molecule has 0 atom stereocenters. The fourth-order valence-corrected chi connectivity index (χ4v) is 2.08. The second-order valence-corrected chi connectivity index (χ2v) is 4.37. The molecule has 2 aromatic rings. The molecule has 20 heavy (non-hydrogen) atoms. The van der Waals surface area contributed by atoms with Crippen LogP contribution in [-0.2, 0) is 6.42 Å². The van der Waals surface area contributed by atoms with Crippen molar-refractivity contribution in [2.45, 2.75) is 13.3 Å². The number of methoxy groups -OCH3 is 1. The molecule has 0 saturated heterocycles. The van der Waals surface area contributed by atoms with Gasteiger partial charge in [0.1, 0.15) is 5.75 Å². The topological polar surface area (TPSA) is 55.6 Å². The monoisotopic (exact) mass is 270 g/mol. The molecule has 0 aromatic heterocycles. The number of para-hydroxylation sites is 2. The fourth-order valence-electron chi connectivity index (χ4n) is 2.08. The molecule has 4 heteroatoms. The van der Waals surface area contributed by atoms with E-state index in [2.05, 4.69) is 6.92 Å².